The van der Waals surface area contributed by atoms with Crippen molar-refractivity contribution in [2.24, 2.45) is 23.2 Å². The minimum Gasteiger partial charge on any atom is -0.363 e. The molecule has 8 heteroatoms. The Hall–Kier alpha value is -2.06. The van der Waals surface area contributed by atoms with E-state index < -0.39 is 29.1 Å². The monoisotopic (exact) mass is 554 g/mol. The van der Waals surface area contributed by atoms with Crippen LogP contribution in [0.15, 0.2) is 48.5 Å². The third-order valence-corrected chi connectivity index (χ3v) is 10.4. The first kappa shape index (κ1) is 28.5. The van der Waals surface area contributed by atoms with Gasteiger partial charge < -0.3 is 9.22 Å². The molecule has 0 unspecified atom stereocenters. The molecule has 0 radical (unpaired) electrons. The number of quaternary nitrogens is 1. The van der Waals surface area contributed by atoms with E-state index in [-0.39, 0.29) is 35.0 Å². The van der Waals surface area contributed by atoms with E-state index in [1.165, 1.54) is 0 Å². The van der Waals surface area contributed by atoms with Crippen molar-refractivity contribution >= 4 is 0 Å². The van der Waals surface area contributed by atoms with Gasteiger partial charge in [-0.1, -0.05) is 58.0 Å². The van der Waals surface area contributed by atoms with Crippen LogP contribution in [-0.4, -0.2) is 28.7 Å². The highest BCUT2D eigenvalue weighted by Gasteiger charge is 2.79. The lowest BCUT2D eigenvalue weighted by Gasteiger charge is -2.45. The van der Waals surface area contributed by atoms with Crippen LogP contribution in [0.1, 0.15) is 69.7 Å². The molecule has 2 saturated heterocycles. The topological polar surface area (TPSA) is 9.23 Å². The van der Waals surface area contributed by atoms with E-state index in [1.54, 1.807) is 0 Å². The normalized spacial score (nSPS) is 34.5. The van der Waals surface area contributed by atoms with Gasteiger partial charge in [0, 0.05) is 23.3 Å². The Morgan fingerprint density at radius 2 is 1.46 bits per heavy atom. The molecule has 3 aliphatic rings. The summed E-state index contributed by atoms with van der Waals surface area (Å²) in [4.78, 5) is 0. The maximum atomic E-state index is 13.7. The fraction of sp³-hybridized carbons (Fsp3) is 0.613. The highest BCUT2D eigenvalue weighted by molar-refractivity contribution is 5.34. The van der Waals surface area contributed by atoms with Crippen molar-refractivity contribution in [3.63, 3.8) is 0 Å². The zero-order valence-corrected chi connectivity index (χ0v) is 23.2. The largest absolute Gasteiger partial charge is 0.416 e. The molecule has 2 aromatic rings. The van der Waals surface area contributed by atoms with E-state index in [0.29, 0.717) is 36.0 Å². The zero-order valence-electron chi connectivity index (χ0n) is 23.2. The Balaban J connectivity index is 1.61. The summed E-state index contributed by atoms with van der Waals surface area (Å²) < 4.78 is 89.8. The van der Waals surface area contributed by atoms with E-state index in [9.17, 15) is 26.3 Å². The minimum atomic E-state index is -4.87. The van der Waals surface area contributed by atoms with Gasteiger partial charge in [-0.25, -0.2) is 0 Å². The van der Waals surface area contributed by atoms with Gasteiger partial charge in [-0.3, -0.25) is 0 Å². The number of nitrogens with zero attached hydrogens (tertiary/aromatic N) is 1. The van der Waals surface area contributed by atoms with Gasteiger partial charge in [0.2, 0.25) is 0 Å². The molecule has 0 amide bonds. The summed E-state index contributed by atoms with van der Waals surface area (Å²) in [5.74, 6) is 0.788. The highest BCUT2D eigenvalue weighted by Crippen LogP contribution is 2.68. The third kappa shape index (κ3) is 4.41. The molecule has 0 aromatic heterocycles. The molecule has 2 nitrogen and oxygen atoms in total. The first-order valence-corrected chi connectivity index (χ1v) is 13.8. The maximum Gasteiger partial charge on any atom is 0.416 e. The second-order valence-corrected chi connectivity index (χ2v) is 13.4. The summed E-state index contributed by atoms with van der Waals surface area (Å²) in [6.07, 6.45) is -7.80. The second kappa shape index (κ2) is 8.97. The van der Waals surface area contributed by atoms with Crippen LogP contribution < -0.4 is 0 Å². The van der Waals surface area contributed by atoms with Crippen LogP contribution in [0.25, 0.3) is 0 Å². The van der Waals surface area contributed by atoms with E-state index in [1.807, 2.05) is 30.3 Å². The quantitative estimate of drug-likeness (QED) is 0.266. The minimum absolute atomic E-state index is 0.0876. The second-order valence-electron chi connectivity index (χ2n) is 13.4. The van der Waals surface area contributed by atoms with Gasteiger partial charge in [-0.2, -0.15) is 26.3 Å². The average molecular weight is 555 g/mol. The Labute approximate surface area is 226 Å². The van der Waals surface area contributed by atoms with Crippen molar-refractivity contribution in [1.29, 1.82) is 0 Å². The molecule has 214 valence electrons. The van der Waals surface area contributed by atoms with Crippen molar-refractivity contribution in [1.82, 2.24) is 0 Å². The van der Waals surface area contributed by atoms with E-state index in [0.717, 1.165) is 30.5 Å². The molecule has 5 rings (SSSR count). The van der Waals surface area contributed by atoms with Crippen molar-refractivity contribution in [2.75, 3.05) is 13.1 Å². The fourth-order valence-corrected chi connectivity index (χ4v) is 8.77. The van der Waals surface area contributed by atoms with Gasteiger partial charge in [0.15, 0.2) is 0 Å². The molecule has 1 saturated carbocycles. The van der Waals surface area contributed by atoms with Crippen molar-refractivity contribution in [3.8, 4) is 0 Å². The summed E-state index contributed by atoms with van der Waals surface area (Å²) >= 11 is 0. The number of hydrogen-bond donors (Lipinski definition) is 0. The van der Waals surface area contributed by atoms with Gasteiger partial charge in [0.1, 0.15) is 24.2 Å². The van der Waals surface area contributed by atoms with Crippen molar-refractivity contribution < 1.29 is 35.6 Å². The number of ether oxygens (including phenoxy) is 1. The molecular weight excluding hydrogens is 516 g/mol. The molecule has 6 atom stereocenters. The number of rotatable bonds is 5. The molecule has 0 spiro atoms. The van der Waals surface area contributed by atoms with Gasteiger partial charge in [-0.05, 0) is 48.9 Å². The predicted octanol–water partition coefficient (Wildman–Crippen LogP) is 8.49. The van der Waals surface area contributed by atoms with Crippen molar-refractivity contribution in [3.05, 3.63) is 70.8 Å². The molecular formula is C31H38F6NO+. The Morgan fingerprint density at radius 1 is 0.872 bits per heavy atom. The standard InChI is InChI=1S/C31H38F6NO/c1-20-16-38(17-22-13-23(30(32,33)34)15-24(14-22)31(35,36)37)19-29(27(2,3)4,26-12-11-25(20)28(26,38)5)39-18-21-9-7-6-8-10-21/h6-10,13-15,20,25-26H,11-12,16-19H2,1-5H3/q+1/t20-,25+,26+,28-,29-,38-/m1/s1. The molecule has 39 heavy (non-hydrogen) atoms. The average Bonchev–Trinajstić information content (AvgIpc) is 3.36. The molecule has 1 aliphatic carbocycles. The van der Waals surface area contributed by atoms with Crippen LogP contribution >= 0.6 is 0 Å². The Morgan fingerprint density at radius 3 is 2.00 bits per heavy atom. The van der Waals surface area contributed by atoms with Gasteiger partial charge >= 0.3 is 12.4 Å². The lowest BCUT2D eigenvalue weighted by molar-refractivity contribution is -0.968. The van der Waals surface area contributed by atoms with Crippen LogP contribution in [0.4, 0.5) is 26.3 Å². The van der Waals surface area contributed by atoms with Crippen LogP contribution in [0.2, 0.25) is 0 Å². The summed E-state index contributed by atoms with van der Waals surface area (Å²) in [5.41, 5.74) is -2.55. The summed E-state index contributed by atoms with van der Waals surface area (Å²) in [6.45, 7) is 12.7. The fourth-order valence-electron chi connectivity index (χ4n) is 8.77. The summed E-state index contributed by atoms with van der Waals surface area (Å²) in [5, 5.41) is 0. The third-order valence-electron chi connectivity index (χ3n) is 10.4. The van der Waals surface area contributed by atoms with Gasteiger partial charge in [0.25, 0.3) is 0 Å². The van der Waals surface area contributed by atoms with E-state index in [4.69, 9.17) is 4.74 Å². The van der Waals surface area contributed by atoms with Crippen LogP contribution in [0.3, 0.4) is 0 Å². The lowest BCUT2D eigenvalue weighted by Crippen LogP contribution is -2.57. The smallest absolute Gasteiger partial charge is 0.363 e. The first-order chi connectivity index (χ1) is 17.9. The van der Waals surface area contributed by atoms with E-state index >= 15 is 0 Å². The van der Waals surface area contributed by atoms with Crippen LogP contribution in [-0.2, 0) is 30.2 Å². The van der Waals surface area contributed by atoms with Crippen molar-refractivity contribution in [2.45, 2.75) is 84.1 Å². The number of alkyl halides is 6. The highest BCUT2D eigenvalue weighted by atomic mass is 19.4. The first-order valence-electron chi connectivity index (χ1n) is 13.8. The maximum absolute atomic E-state index is 13.7. The molecule has 2 aromatic carbocycles. The predicted molar refractivity (Wildman–Crippen MR) is 137 cm³/mol. The number of hydrogen-bond acceptors (Lipinski definition) is 1. The lowest BCUT2D eigenvalue weighted by atomic mass is 9.65. The molecule has 2 heterocycles. The summed E-state index contributed by atoms with van der Waals surface area (Å²) in [6, 6.07) is 12.0. The molecule has 3 fully saturated rings. The van der Waals surface area contributed by atoms with E-state index in [2.05, 4.69) is 34.6 Å². The Bertz CT molecular complexity index is 1190. The van der Waals surface area contributed by atoms with Crippen LogP contribution in [0, 0.1) is 23.2 Å². The number of halogens is 6. The van der Waals surface area contributed by atoms with Gasteiger partial charge in [-0.15, -0.1) is 0 Å². The van der Waals surface area contributed by atoms with Gasteiger partial charge in [0.05, 0.1) is 24.3 Å². The molecule has 2 aliphatic heterocycles. The van der Waals surface area contributed by atoms with Crippen LogP contribution in [0.5, 0.6) is 0 Å². The molecule has 0 bridgehead atoms. The summed E-state index contributed by atoms with van der Waals surface area (Å²) in [7, 11) is 0. The SMILES string of the molecule is C[C@@H]1C[N@@+]2(Cc3cc(C(F)(F)F)cc(C(F)(F)F)c3)C[C@](OCc3ccccc3)(C(C)(C)C)[C@H]3CC[C@@H]1[C@]32C. The Kier molecular flexibility index (Phi) is 6.55. The number of benzene rings is 2. The zero-order chi connectivity index (χ0) is 28.6. The molecule has 0 N–H and O–H groups in total.